The van der Waals surface area contributed by atoms with Gasteiger partial charge in [-0.3, -0.25) is 9.80 Å². The van der Waals surface area contributed by atoms with Gasteiger partial charge in [-0.15, -0.1) is 0 Å². The standard InChI is InChI=1S/C10H13N3O/c14-8-9-4-3-5-11-10(9)13-7-2-1-6-12-13/h3-5,8,12H,1-2,6-7H2. The fourth-order valence-corrected chi connectivity index (χ4v) is 1.60. The number of rotatable bonds is 2. The first-order valence-corrected chi connectivity index (χ1v) is 4.83. The lowest BCUT2D eigenvalue weighted by atomic mass is 10.2. The zero-order valence-corrected chi connectivity index (χ0v) is 7.94. The van der Waals surface area contributed by atoms with Gasteiger partial charge in [-0.1, -0.05) is 0 Å². The molecule has 0 unspecified atom stereocenters. The molecule has 0 aliphatic carbocycles. The van der Waals surface area contributed by atoms with Gasteiger partial charge in [0.15, 0.2) is 12.1 Å². The van der Waals surface area contributed by atoms with Gasteiger partial charge in [0.1, 0.15) is 0 Å². The number of nitrogens with zero attached hydrogens (tertiary/aromatic N) is 2. The lowest BCUT2D eigenvalue weighted by Crippen LogP contribution is -2.44. The molecule has 4 heteroatoms. The molecule has 74 valence electrons. The van der Waals surface area contributed by atoms with Crippen LogP contribution in [0.4, 0.5) is 5.82 Å². The minimum absolute atomic E-state index is 0.641. The van der Waals surface area contributed by atoms with Crippen LogP contribution in [-0.4, -0.2) is 24.4 Å². The molecular weight excluding hydrogens is 178 g/mol. The van der Waals surface area contributed by atoms with Crippen molar-refractivity contribution >= 4 is 12.1 Å². The molecular formula is C10H13N3O. The third-order valence-corrected chi connectivity index (χ3v) is 2.31. The van der Waals surface area contributed by atoms with Gasteiger partial charge in [0, 0.05) is 19.3 Å². The fraction of sp³-hybridized carbons (Fsp3) is 0.400. The molecule has 0 amide bonds. The summed E-state index contributed by atoms with van der Waals surface area (Å²) in [5, 5.41) is 1.95. The van der Waals surface area contributed by atoms with Crippen LogP contribution in [0.1, 0.15) is 23.2 Å². The minimum atomic E-state index is 0.641. The Bertz CT molecular complexity index is 321. The number of aldehydes is 1. The molecule has 1 fully saturated rings. The summed E-state index contributed by atoms with van der Waals surface area (Å²) in [4.78, 5) is 15.0. The number of carbonyl (C=O) groups is 1. The lowest BCUT2D eigenvalue weighted by molar-refractivity contribution is 0.112. The summed E-state index contributed by atoms with van der Waals surface area (Å²) in [5.41, 5.74) is 3.86. The van der Waals surface area contributed by atoms with Crippen LogP contribution in [0.25, 0.3) is 0 Å². The van der Waals surface area contributed by atoms with E-state index in [2.05, 4.69) is 10.4 Å². The van der Waals surface area contributed by atoms with Crippen LogP contribution in [0.3, 0.4) is 0 Å². The molecule has 2 heterocycles. The van der Waals surface area contributed by atoms with Crippen molar-refractivity contribution in [3.8, 4) is 0 Å². The number of pyridine rings is 1. The third-order valence-electron chi connectivity index (χ3n) is 2.31. The molecule has 2 rings (SSSR count). The molecule has 4 nitrogen and oxygen atoms in total. The Hall–Kier alpha value is -1.42. The first-order chi connectivity index (χ1) is 6.92. The number of carbonyl (C=O) groups excluding carboxylic acids is 1. The van der Waals surface area contributed by atoms with Crippen molar-refractivity contribution in [2.24, 2.45) is 0 Å². The predicted molar refractivity (Wildman–Crippen MR) is 54.2 cm³/mol. The molecule has 14 heavy (non-hydrogen) atoms. The summed E-state index contributed by atoms with van der Waals surface area (Å²) < 4.78 is 0. The average Bonchev–Trinajstić information content (AvgIpc) is 2.30. The molecule has 0 aromatic carbocycles. The summed E-state index contributed by atoms with van der Waals surface area (Å²) in [6, 6.07) is 3.56. The highest BCUT2D eigenvalue weighted by molar-refractivity contribution is 5.82. The average molecular weight is 191 g/mol. The molecule has 1 aromatic heterocycles. The molecule has 0 bridgehead atoms. The first-order valence-electron chi connectivity index (χ1n) is 4.83. The highest BCUT2D eigenvalue weighted by Crippen LogP contribution is 2.15. The van der Waals surface area contributed by atoms with Crippen molar-refractivity contribution in [3.63, 3.8) is 0 Å². The molecule has 1 saturated heterocycles. The summed E-state index contributed by atoms with van der Waals surface area (Å²) >= 11 is 0. The van der Waals surface area contributed by atoms with E-state index in [0.717, 1.165) is 31.6 Å². The van der Waals surface area contributed by atoms with Crippen LogP contribution in [0.5, 0.6) is 0 Å². The van der Waals surface area contributed by atoms with Gasteiger partial charge in [0.25, 0.3) is 0 Å². The van der Waals surface area contributed by atoms with E-state index in [4.69, 9.17) is 0 Å². The van der Waals surface area contributed by atoms with Crippen LogP contribution < -0.4 is 10.4 Å². The maximum Gasteiger partial charge on any atom is 0.153 e. The Morgan fingerprint density at radius 2 is 2.43 bits per heavy atom. The SMILES string of the molecule is O=Cc1cccnc1N1CCCCN1. The number of aromatic nitrogens is 1. The van der Waals surface area contributed by atoms with Gasteiger partial charge >= 0.3 is 0 Å². The smallest absolute Gasteiger partial charge is 0.153 e. The molecule has 1 aliphatic heterocycles. The van der Waals surface area contributed by atoms with E-state index in [9.17, 15) is 4.79 Å². The predicted octanol–water partition coefficient (Wildman–Crippen LogP) is 0.999. The van der Waals surface area contributed by atoms with Crippen molar-refractivity contribution in [1.82, 2.24) is 10.4 Å². The van der Waals surface area contributed by atoms with Crippen LogP contribution in [0.15, 0.2) is 18.3 Å². The molecule has 0 radical (unpaired) electrons. The van der Waals surface area contributed by atoms with E-state index >= 15 is 0 Å². The zero-order valence-electron chi connectivity index (χ0n) is 7.94. The molecule has 1 N–H and O–H groups in total. The quantitative estimate of drug-likeness (QED) is 0.708. The maximum atomic E-state index is 10.8. The second-order valence-electron chi connectivity index (χ2n) is 3.30. The van der Waals surface area contributed by atoms with Gasteiger partial charge in [0.05, 0.1) is 5.56 Å². The third kappa shape index (κ3) is 1.75. The van der Waals surface area contributed by atoms with Gasteiger partial charge in [-0.25, -0.2) is 10.4 Å². The van der Waals surface area contributed by atoms with Gasteiger partial charge < -0.3 is 0 Å². The summed E-state index contributed by atoms with van der Waals surface area (Å²) in [6.07, 6.45) is 4.87. The largest absolute Gasteiger partial charge is 0.298 e. The van der Waals surface area contributed by atoms with E-state index in [0.29, 0.717) is 5.56 Å². The molecule has 1 aliphatic rings. The van der Waals surface area contributed by atoms with Crippen molar-refractivity contribution in [3.05, 3.63) is 23.9 Å². The van der Waals surface area contributed by atoms with Gasteiger partial charge in [-0.2, -0.15) is 0 Å². The van der Waals surface area contributed by atoms with E-state index < -0.39 is 0 Å². The molecule has 0 atom stereocenters. The molecule has 0 saturated carbocycles. The summed E-state index contributed by atoms with van der Waals surface area (Å²) in [5.74, 6) is 0.738. The zero-order chi connectivity index (χ0) is 9.80. The first kappa shape index (κ1) is 9.15. The van der Waals surface area contributed by atoms with Crippen LogP contribution in [0, 0.1) is 0 Å². The van der Waals surface area contributed by atoms with E-state index in [1.807, 2.05) is 5.01 Å². The van der Waals surface area contributed by atoms with Crippen LogP contribution in [0.2, 0.25) is 0 Å². The van der Waals surface area contributed by atoms with E-state index in [1.54, 1.807) is 18.3 Å². The normalized spacial score (nSPS) is 16.7. The second-order valence-corrected chi connectivity index (χ2v) is 3.30. The van der Waals surface area contributed by atoms with Crippen LogP contribution in [-0.2, 0) is 0 Å². The topological polar surface area (TPSA) is 45.2 Å². The monoisotopic (exact) mass is 191 g/mol. The number of hydrogen-bond donors (Lipinski definition) is 1. The minimum Gasteiger partial charge on any atom is -0.298 e. The Labute approximate surface area is 82.9 Å². The number of hydrazine groups is 1. The maximum absolute atomic E-state index is 10.8. The van der Waals surface area contributed by atoms with E-state index in [1.165, 1.54) is 6.42 Å². The number of nitrogens with one attached hydrogen (secondary N) is 1. The van der Waals surface area contributed by atoms with E-state index in [-0.39, 0.29) is 0 Å². The highest BCUT2D eigenvalue weighted by atomic mass is 16.1. The Balaban J connectivity index is 2.24. The summed E-state index contributed by atoms with van der Waals surface area (Å²) in [7, 11) is 0. The number of hydrogen-bond acceptors (Lipinski definition) is 4. The number of anilines is 1. The van der Waals surface area contributed by atoms with Crippen LogP contribution >= 0.6 is 0 Å². The highest BCUT2D eigenvalue weighted by Gasteiger charge is 2.14. The summed E-state index contributed by atoms with van der Waals surface area (Å²) in [6.45, 7) is 1.87. The Morgan fingerprint density at radius 1 is 1.50 bits per heavy atom. The fourth-order valence-electron chi connectivity index (χ4n) is 1.60. The van der Waals surface area contributed by atoms with Gasteiger partial charge in [0.2, 0.25) is 0 Å². The second kappa shape index (κ2) is 4.19. The Kier molecular flexibility index (Phi) is 2.74. The van der Waals surface area contributed by atoms with Crippen molar-refractivity contribution in [2.45, 2.75) is 12.8 Å². The Morgan fingerprint density at radius 3 is 3.14 bits per heavy atom. The van der Waals surface area contributed by atoms with Crippen molar-refractivity contribution < 1.29 is 4.79 Å². The van der Waals surface area contributed by atoms with Crippen molar-refractivity contribution in [2.75, 3.05) is 18.1 Å². The molecule has 0 spiro atoms. The lowest BCUT2D eigenvalue weighted by Gasteiger charge is -2.29. The molecule has 1 aromatic rings. The van der Waals surface area contributed by atoms with Crippen molar-refractivity contribution in [1.29, 1.82) is 0 Å². The van der Waals surface area contributed by atoms with Gasteiger partial charge in [-0.05, 0) is 25.0 Å².